The number of aromatic nitrogens is 2. The Bertz CT molecular complexity index is 3050. The summed E-state index contributed by atoms with van der Waals surface area (Å²) in [5, 5.41) is 53.2. The fourth-order valence-corrected chi connectivity index (χ4v) is 20.7. The van der Waals surface area contributed by atoms with Crippen LogP contribution in [0.4, 0.5) is 11.6 Å². The van der Waals surface area contributed by atoms with Crippen molar-refractivity contribution >= 4 is 40.6 Å². The van der Waals surface area contributed by atoms with Gasteiger partial charge in [-0.2, -0.15) is 0 Å². The van der Waals surface area contributed by atoms with Crippen molar-refractivity contribution in [3.05, 3.63) is 96.2 Å². The normalized spacial score (nSPS) is 42.3. The first-order valence-electron chi connectivity index (χ1n) is 30.4. The Balaban J connectivity index is 0.812. The second-order valence-electron chi connectivity index (χ2n) is 27.6. The molecular formula is C65H82N6O10. The molecule has 16 heteroatoms. The minimum Gasteiger partial charge on any atom is -0.461 e. The Morgan fingerprint density at radius 1 is 0.617 bits per heavy atom. The molecule has 13 rings (SSSR count). The maximum Gasteiger partial charge on any atom is 0.229 e. The Morgan fingerprint density at radius 3 is 1.64 bits per heavy atom. The van der Waals surface area contributed by atoms with E-state index in [4.69, 9.17) is 4.42 Å². The number of aliphatic hydroxyl groups is 4. The van der Waals surface area contributed by atoms with Gasteiger partial charge in [0.05, 0.1) is 25.5 Å². The lowest BCUT2D eigenvalue weighted by molar-refractivity contribution is -0.216. The van der Waals surface area contributed by atoms with Crippen LogP contribution in [-0.4, -0.2) is 157 Å². The zero-order valence-electron chi connectivity index (χ0n) is 47.7. The van der Waals surface area contributed by atoms with E-state index >= 15 is 4.79 Å². The van der Waals surface area contributed by atoms with Gasteiger partial charge in [-0.25, -0.2) is 9.97 Å². The highest BCUT2D eigenvalue weighted by atomic mass is 16.4. The number of piperazine rings is 2. The molecule has 8 aliphatic carbocycles. The van der Waals surface area contributed by atoms with E-state index in [9.17, 15) is 39.6 Å². The number of hydrogen-bond acceptors (Lipinski definition) is 16. The molecule has 81 heavy (non-hydrogen) atoms. The van der Waals surface area contributed by atoms with Crippen LogP contribution >= 0.6 is 0 Å². The first kappa shape index (κ1) is 55.0. The summed E-state index contributed by atoms with van der Waals surface area (Å²) < 4.78 is 5.86. The van der Waals surface area contributed by atoms with Gasteiger partial charge in [0.25, 0.3) is 0 Å². The van der Waals surface area contributed by atoms with Crippen LogP contribution in [0.2, 0.25) is 0 Å². The number of fused-ring (bicyclic) bond motifs is 10. The predicted octanol–water partition coefficient (Wildman–Crippen LogP) is 6.32. The van der Waals surface area contributed by atoms with Crippen LogP contribution in [0.3, 0.4) is 0 Å². The third-order valence-corrected chi connectivity index (χ3v) is 24.5. The summed E-state index contributed by atoms with van der Waals surface area (Å²) in [5.41, 5.74) is -7.84. The SMILES string of the molecule is C[C@]12CC(O)(C(=O)c3ccco3)[C@H]3[C@@H](CCC4=CC(=O)CC(C5CC(=O)C=C6CC[C@H]7[C@@H]8CC[C@](O)(C(=O)CN9CCN(c%10ccccn%10)CC9)[C@@]8(C)CC(O)[C@@H]7[C@]65C)[C@@]43C)[C@@H]1CC[C@]2(O)C(=O)CN1CCN(c2ccccn2)CC1. The predicted molar refractivity (Wildman–Crippen MR) is 302 cm³/mol. The molecule has 3 aromatic heterocycles. The number of Topliss-reactive ketones (excluding diaryl/α,β-unsaturated/α-hetero) is 3. The first-order chi connectivity index (χ1) is 38.7. The van der Waals surface area contributed by atoms with E-state index in [0.717, 1.165) is 22.8 Å². The van der Waals surface area contributed by atoms with Crippen LogP contribution in [-0.2, 0) is 19.2 Å². The van der Waals surface area contributed by atoms with Crippen molar-refractivity contribution in [2.24, 2.45) is 69.0 Å². The van der Waals surface area contributed by atoms with Gasteiger partial charge in [0, 0.05) is 94.3 Å². The van der Waals surface area contributed by atoms with Gasteiger partial charge in [-0.15, -0.1) is 0 Å². The van der Waals surface area contributed by atoms with Crippen LogP contribution in [0.1, 0.15) is 115 Å². The molecule has 4 N–H and O–H groups in total. The zero-order chi connectivity index (χ0) is 56.6. The molecule has 0 spiro atoms. The number of ketones is 5. The van der Waals surface area contributed by atoms with Gasteiger partial charge >= 0.3 is 0 Å². The molecule has 16 atom stereocenters. The number of anilines is 2. The van der Waals surface area contributed by atoms with Gasteiger partial charge in [-0.1, -0.05) is 51.0 Å². The van der Waals surface area contributed by atoms with Crippen LogP contribution in [0.25, 0.3) is 0 Å². The summed E-state index contributed by atoms with van der Waals surface area (Å²) in [6, 6.07) is 14.9. The van der Waals surface area contributed by atoms with E-state index in [1.165, 1.54) is 6.26 Å². The number of hydrogen-bond donors (Lipinski definition) is 4. The molecule has 2 aliphatic heterocycles. The summed E-state index contributed by atoms with van der Waals surface area (Å²) in [6.45, 7) is 13.7. The third-order valence-electron chi connectivity index (χ3n) is 24.5. The molecule has 4 unspecified atom stereocenters. The number of rotatable bonds is 11. The maximum absolute atomic E-state index is 15.6. The lowest BCUT2D eigenvalue weighted by atomic mass is 9.36. The highest BCUT2D eigenvalue weighted by Crippen LogP contribution is 2.75. The van der Waals surface area contributed by atoms with Crippen molar-refractivity contribution in [1.29, 1.82) is 0 Å². The molecule has 3 aromatic rings. The van der Waals surface area contributed by atoms with Gasteiger partial charge in [0.2, 0.25) is 5.78 Å². The summed E-state index contributed by atoms with van der Waals surface area (Å²) in [4.78, 5) is 92.0. The molecule has 10 aliphatic rings. The van der Waals surface area contributed by atoms with Crippen molar-refractivity contribution in [1.82, 2.24) is 19.8 Å². The number of nitrogens with zero attached hydrogens (tertiary/aromatic N) is 6. The lowest BCUT2D eigenvalue weighted by Crippen LogP contribution is -2.71. The van der Waals surface area contributed by atoms with E-state index < -0.39 is 68.1 Å². The fourth-order valence-electron chi connectivity index (χ4n) is 20.7. The van der Waals surface area contributed by atoms with E-state index in [1.54, 1.807) is 36.7 Å². The monoisotopic (exact) mass is 1110 g/mol. The van der Waals surface area contributed by atoms with Crippen LogP contribution in [0.5, 0.6) is 0 Å². The molecule has 16 nitrogen and oxygen atoms in total. The molecule has 2 saturated heterocycles. The molecule has 0 bridgehead atoms. The number of allylic oxidation sites excluding steroid dienone is 2. The van der Waals surface area contributed by atoms with Crippen LogP contribution in [0.15, 0.2) is 94.9 Å². The van der Waals surface area contributed by atoms with Crippen LogP contribution in [0, 0.1) is 69.0 Å². The average molecular weight is 1110 g/mol. The second kappa shape index (κ2) is 19.7. The van der Waals surface area contributed by atoms with Crippen molar-refractivity contribution < 1.29 is 48.8 Å². The molecule has 5 heterocycles. The molecule has 432 valence electrons. The standard InChI is InChI=1S/C65H82N6O10/c1-59-36-50(74)56-44(46(59)17-19-64(59,79)52(75)37-68-23-27-70(28-24-68)54-11-5-7-21-66-54)15-13-40-32-42(72)34-48(61(40,56)3)49-35-43(73)33-41-14-16-45-47-18-20-65(80,53(76)38-69-25-29-71(30-26-69)55-12-6-8-22-67-55)60(47,2)39-63(78,57(45)62(41,49)4)58(77)51-10-9-31-81-51/h5-12,21-22,31-33,44-50,56-57,74,78-80H,13-20,23-30,34-39H2,1-4H3/t44-,45-,46-,47-,48?,49?,50?,56+,57-,59-,60-,61+,62+,63?,64-,65-/m0/s1. The third kappa shape index (κ3) is 8.12. The Morgan fingerprint density at radius 2 is 1.12 bits per heavy atom. The Hall–Kier alpha value is -5.23. The maximum atomic E-state index is 15.6. The topological polar surface area (TPSA) is 218 Å². The Kier molecular flexibility index (Phi) is 13.4. The van der Waals surface area contributed by atoms with Crippen LogP contribution < -0.4 is 9.80 Å². The molecule has 0 aromatic carbocycles. The van der Waals surface area contributed by atoms with Crippen molar-refractivity contribution in [3.63, 3.8) is 0 Å². The minimum absolute atomic E-state index is 0.0215. The van der Waals surface area contributed by atoms with Gasteiger partial charge in [-0.3, -0.25) is 33.8 Å². The molecule has 0 amide bonds. The summed E-state index contributed by atoms with van der Waals surface area (Å²) in [7, 11) is 0. The van der Waals surface area contributed by atoms with E-state index in [1.807, 2.05) is 50.2 Å². The molecular weight excluding hydrogens is 1020 g/mol. The van der Waals surface area contributed by atoms with E-state index in [2.05, 4.69) is 43.4 Å². The zero-order valence-corrected chi connectivity index (χ0v) is 47.7. The summed E-state index contributed by atoms with van der Waals surface area (Å²) in [6.07, 6.45) is 11.7. The van der Waals surface area contributed by atoms with Gasteiger partial charge in [-0.05, 0) is 165 Å². The van der Waals surface area contributed by atoms with E-state index in [0.29, 0.717) is 97.3 Å². The molecule has 8 fully saturated rings. The first-order valence-corrected chi connectivity index (χ1v) is 30.4. The number of carbonyl (C=O) groups is 5. The number of aliphatic hydroxyl groups excluding tert-OH is 1. The van der Waals surface area contributed by atoms with Gasteiger partial charge in [0.15, 0.2) is 28.9 Å². The molecule has 0 radical (unpaired) electrons. The smallest absolute Gasteiger partial charge is 0.229 e. The number of carbonyl (C=O) groups excluding carboxylic acids is 5. The second-order valence-corrected chi connectivity index (χ2v) is 27.6. The lowest BCUT2D eigenvalue weighted by Gasteiger charge is -2.68. The van der Waals surface area contributed by atoms with Gasteiger partial charge in [0.1, 0.15) is 28.4 Å². The molecule has 6 saturated carbocycles. The van der Waals surface area contributed by atoms with E-state index in [-0.39, 0.29) is 104 Å². The minimum atomic E-state index is -2.18. The number of pyridine rings is 2. The van der Waals surface area contributed by atoms with Crippen molar-refractivity contribution in [2.75, 3.05) is 75.2 Å². The highest BCUT2D eigenvalue weighted by Gasteiger charge is 2.76. The summed E-state index contributed by atoms with van der Waals surface area (Å²) >= 11 is 0. The van der Waals surface area contributed by atoms with Crippen molar-refractivity contribution in [2.45, 2.75) is 128 Å². The van der Waals surface area contributed by atoms with Gasteiger partial charge < -0.3 is 34.6 Å². The quantitative estimate of drug-likeness (QED) is 0.154. The van der Waals surface area contributed by atoms with Crippen molar-refractivity contribution in [3.8, 4) is 0 Å². The largest absolute Gasteiger partial charge is 0.461 e. The highest BCUT2D eigenvalue weighted by molar-refractivity contribution is 6.01. The number of furan rings is 1. The average Bonchev–Trinajstić information content (AvgIpc) is 2.22. The Labute approximate surface area is 475 Å². The fraction of sp³-hybridized carbons (Fsp3) is 0.646. The summed E-state index contributed by atoms with van der Waals surface area (Å²) in [5.74, 6) is -2.52.